The average molecular weight is 533 g/mol. The summed E-state index contributed by atoms with van der Waals surface area (Å²) in [5.41, 5.74) is 24.5. The van der Waals surface area contributed by atoms with Gasteiger partial charge in [-0.15, -0.1) is 0 Å². The number of nitrogens with zero attached hydrogens (tertiary/aromatic N) is 6. The van der Waals surface area contributed by atoms with E-state index in [-0.39, 0.29) is 17.6 Å². The fourth-order valence-corrected chi connectivity index (χ4v) is 5.72. The number of aromatic nitrogens is 2. The second-order valence-electron chi connectivity index (χ2n) is 9.94. The van der Waals surface area contributed by atoms with Gasteiger partial charge in [0.2, 0.25) is 0 Å². The number of nitrogen functional groups attached to an aromatic ring is 2. The molecule has 0 bridgehead atoms. The molecule has 0 spiro atoms. The first-order valence-corrected chi connectivity index (χ1v) is 13.2. The Morgan fingerprint density at radius 3 is 2.54 bits per heavy atom. The Bertz CT molecular complexity index is 1120. The highest BCUT2D eigenvalue weighted by Crippen LogP contribution is 2.32. The van der Waals surface area contributed by atoms with Crippen LogP contribution in [0.15, 0.2) is 23.2 Å². The summed E-state index contributed by atoms with van der Waals surface area (Å²) < 4.78 is 14.2. The molecule has 3 heterocycles. The molecule has 0 radical (unpaired) electrons. The smallest absolute Gasteiger partial charge is 0.186 e. The molecule has 2 fully saturated rings. The first-order chi connectivity index (χ1) is 17.7. The van der Waals surface area contributed by atoms with Gasteiger partial charge in [0.05, 0.1) is 6.04 Å². The molecule has 10 nitrogen and oxygen atoms in total. The van der Waals surface area contributed by atoms with Gasteiger partial charge in [-0.2, -0.15) is 0 Å². The number of likely N-dealkylation sites (tertiary alicyclic amines) is 1. The molecule has 2 saturated heterocycles. The third kappa shape index (κ3) is 6.34. The van der Waals surface area contributed by atoms with E-state index in [1.54, 1.807) is 19.1 Å². The van der Waals surface area contributed by atoms with Crippen LogP contribution in [0.25, 0.3) is 0 Å². The van der Waals surface area contributed by atoms with E-state index in [0.29, 0.717) is 46.5 Å². The van der Waals surface area contributed by atoms with Crippen LogP contribution in [-0.4, -0.2) is 70.5 Å². The highest BCUT2D eigenvalue weighted by molar-refractivity contribution is 6.31. The summed E-state index contributed by atoms with van der Waals surface area (Å²) in [5.74, 6) is 0.597. The van der Waals surface area contributed by atoms with Crippen molar-refractivity contribution in [2.75, 3.05) is 49.1 Å². The Morgan fingerprint density at radius 1 is 1.16 bits per heavy atom. The zero-order chi connectivity index (χ0) is 26.7. The topological polar surface area (TPSA) is 152 Å². The molecule has 2 atom stereocenters. The van der Waals surface area contributed by atoms with Crippen LogP contribution in [-0.2, 0) is 6.54 Å². The second-order valence-corrected chi connectivity index (χ2v) is 10.3. The van der Waals surface area contributed by atoms with E-state index in [9.17, 15) is 4.39 Å². The maximum atomic E-state index is 14.2. The minimum absolute atomic E-state index is 0.0425. The molecule has 202 valence electrons. The Balaban J connectivity index is 1.37. The Hall–Kier alpha value is -2.89. The van der Waals surface area contributed by atoms with Crippen molar-refractivity contribution in [3.05, 3.63) is 40.4 Å². The van der Waals surface area contributed by atoms with Crippen molar-refractivity contribution >= 4 is 34.9 Å². The maximum absolute atomic E-state index is 14.2. The lowest BCUT2D eigenvalue weighted by molar-refractivity contribution is 0.0607. The monoisotopic (exact) mass is 532 g/mol. The van der Waals surface area contributed by atoms with E-state index >= 15 is 0 Å². The summed E-state index contributed by atoms with van der Waals surface area (Å²) in [7, 11) is 0. The predicted molar refractivity (Wildman–Crippen MR) is 148 cm³/mol. The van der Waals surface area contributed by atoms with Crippen LogP contribution >= 0.6 is 11.6 Å². The van der Waals surface area contributed by atoms with Crippen molar-refractivity contribution in [2.45, 2.75) is 57.8 Å². The van der Waals surface area contributed by atoms with Crippen molar-refractivity contribution in [3.63, 3.8) is 0 Å². The van der Waals surface area contributed by atoms with Crippen molar-refractivity contribution in [3.8, 4) is 0 Å². The molecule has 2 aromatic rings. The average Bonchev–Trinajstić information content (AvgIpc) is 2.86. The number of nitrogens with two attached hydrogens (primary N) is 4. The van der Waals surface area contributed by atoms with E-state index in [4.69, 9.17) is 34.5 Å². The molecule has 4 rings (SSSR count). The van der Waals surface area contributed by atoms with Gasteiger partial charge in [0.15, 0.2) is 16.9 Å². The summed E-state index contributed by atoms with van der Waals surface area (Å²) in [6.07, 6.45) is 3.11. The minimum atomic E-state index is -0.438. The molecular formula is C25H38ClFN10. The summed E-state index contributed by atoms with van der Waals surface area (Å²) in [5, 5.41) is 0.299. The number of aliphatic imine (C=N–C) groups is 1. The van der Waals surface area contributed by atoms with E-state index in [1.165, 1.54) is 6.07 Å². The molecule has 1 aromatic heterocycles. The van der Waals surface area contributed by atoms with Crippen molar-refractivity contribution in [1.82, 2.24) is 19.8 Å². The molecule has 1 unspecified atom stereocenters. The highest BCUT2D eigenvalue weighted by atomic mass is 35.5. The molecule has 2 aliphatic rings. The van der Waals surface area contributed by atoms with Gasteiger partial charge in [0.1, 0.15) is 17.3 Å². The number of piperidine rings is 1. The Kier molecular flexibility index (Phi) is 8.56. The minimum Gasteiger partial charge on any atom is -0.399 e. The second kappa shape index (κ2) is 11.7. The number of hydrogen-bond acceptors (Lipinski definition) is 8. The maximum Gasteiger partial charge on any atom is 0.186 e. The number of halogens is 2. The predicted octanol–water partition coefficient (Wildman–Crippen LogP) is 2.33. The lowest BCUT2D eigenvalue weighted by Crippen LogP contribution is -2.58. The molecule has 12 heteroatoms. The molecule has 0 saturated carbocycles. The molecular weight excluding hydrogens is 495 g/mol. The van der Waals surface area contributed by atoms with Crippen molar-refractivity contribution < 1.29 is 4.39 Å². The van der Waals surface area contributed by atoms with Gasteiger partial charge in [-0.25, -0.2) is 19.4 Å². The fraction of sp³-hybridized carbons (Fsp3) is 0.560. The lowest BCUT2D eigenvalue weighted by Gasteiger charge is -2.47. The van der Waals surface area contributed by atoms with E-state index in [0.717, 1.165) is 52.0 Å². The quantitative estimate of drug-likeness (QED) is 0.239. The normalized spacial score (nSPS) is 20.6. The van der Waals surface area contributed by atoms with Crippen LogP contribution in [0.3, 0.4) is 0 Å². The molecule has 0 amide bonds. The van der Waals surface area contributed by atoms with Gasteiger partial charge in [0, 0.05) is 49.5 Å². The summed E-state index contributed by atoms with van der Waals surface area (Å²) in [6.45, 7) is 8.97. The van der Waals surface area contributed by atoms with Gasteiger partial charge >= 0.3 is 0 Å². The van der Waals surface area contributed by atoms with E-state index in [2.05, 4.69) is 36.6 Å². The first-order valence-electron chi connectivity index (χ1n) is 12.8. The number of piperazine rings is 1. The summed E-state index contributed by atoms with van der Waals surface area (Å²) >= 11 is 6.56. The van der Waals surface area contributed by atoms with Crippen LogP contribution in [0.4, 0.5) is 21.7 Å². The molecule has 8 N–H and O–H groups in total. The summed E-state index contributed by atoms with van der Waals surface area (Å²) in [4.78, 5) is 20.3. The van der Waals surface area contributed by atoms with Gasteiger partial charge in [0.25, 0.3) is 0 Å². The molecule has 2 aliphatic heterocycles. The van der Waals surface area contributed by atoms with Crippen LogP contribution < -0.4 is 27.8 Å². The third-order valence-corrected chi connectivity index (χ3v) is 7.68. The van der Waals surface area contributed by atoms with Crippen LogP contribution in [0, 0.1) is 5.82 Å². The number of rotatable bonds is 7. The number of benzene rings is 1. The number of anilines is 3. The van der Waals surface area contributed by atoms with Crippen LogP contribution in [0.5, 0.6) is 0 Å². The molecule has 0 aliphatic carbocycles. The summed E-state index contributed by atoms with van der Waals surface area (Å²) in [6, 6.07) is 5.37. The van der Waals surface area contributed by atoms with Gasteiger partial charge in [-0.1, -0.05) is 24.6 Å². The van der Waals surface area contributed by atoms with Gasteiger partial charge in [-0.3, -0.25) is 9.80 Å². The number of guanidine groups is 1. The zero-order valence-electron chi connectivity index (χ0n) is 21.6. The SMILES string of the molecule is CC[C@H]1CN(c2nc(N)c(C(C)N=C(N)N)nc2Cl)CCN1C1CCN(Cc2ccc(N)cc2F)CC1. The van der Waals surface area contributed by atoms with Gasteiger partial charge in [-0.05, 0) is 51.4 Å². The molecule has 37 heavy (non-hydrogen) atoms. The zero-order valence-corrected chi connectivity index (χ0v) is 22.3. The third-order valence-electron chi connectivity index (χ3n) is 7.43. The van der Waals surface area contributed by atoms with Crippen molar-refractivity contribution in [2.24, 2.45) is 16.5 Å². The largest absolute Gasteiger partial charge is 0.399 e. The standard InChI is InChI=1S/C25H38ClFN10/c1-3-18-14-36(24-22(26)33-21(23(29)34-24)15(2)32-25(30)31)10-11-37(18)19-6-8-35(9-7-19)13-16-4-5-17(28)12-20(16)27/h4-5,12,15,18-19H,3,6-11,13-14,28H2,1-2H3,(H2,29,34)(H4,30,31,32)/t15?,18-/m0/s1. The Labute approximate surface area is 222 Å². The van der Waals surface area contributed by atoms with Crippen LogP contribution in [0.1, 0.15) is 50.4 Å². The molecule has 1 aromatic carbocycles. The first kappa shape index (κ1) is 27.2. The lowest BCUT2D eigenvalue weighted by atomic mass is 9.97. The van der Waals surface area contributed by atoms with E-state index < -0.39 is 6.04 Å². The highest BCUT2D eigenvalue weighted by Gasteiger charge is 2.34. The fourth-order valence-electron chi connectivity index (χ4n) is 5.47. The van der Waals surface area contributed by atoms with Gasteiger partial charge < -0.3 is 27.8 Å². The number of hydrogen-bond donors (Lipinski definition) is 4. The van der Waals surface area contributed by atoms with Crippen LogP contribution in [0.2, 0.25) is 5.15 Å². The van der Waals surface area contributed by atoms with E-state index in [1.807, 2.05) is 0 Å². The Morgan fingerprint density at radius 2 is 1.89 bits per heavy atom. The van der Waals surface area contributed by atoms with Crippen molar-refractivity contribution in [1.29, 1.82) is 0 Å².